The lowest BCUT2D eigenvalue weighted by Crippen LogP contribution is -2.51. The third-order valence-electron chi connectivity index (χ3n) is 6.30. The van der Waals surface area contributed by atoms with Gasteiger partial charge in [0.05, 0.1) is 12.3 Å². The number of anilines is 1. The number of sulfonamides is 1. The fraction of sp³-hybridized carbons (Fsp3) is 0.522. The molecule has 36 heavy (non-hydrogen) atoms. The van der Waals surface area contributed by atoms with Crippen LogP contribution in [0.3, 0.4) is 0 Å². The molecule has 3 rings (SSSR count). The van der Waals surface area contributed by atoms with E-state index >= 15 is 0 Å². The summed E-state index contributed by atoms with van der Waals surface area (Å²) in [6.07, 6.45) is 3.75. The summed E-state index contributed by atoms with van der Waals surface area (Å²) < 4.78 is 69.2. The van der Waals surface area contributed by atoms with Crippen LogP contribution in [0.25, 0.3) is 0 Å². The average molecular weight is 532 g/mol. The van der Waals surface area contributed by atoms with Gasteiger partial charge in [-0.05, 0) is 37.8 Å². The second-order valence-electron chi connectivity index (χ2n) is 8.53. The second-order valence-corrected chi connectivity index (χ2v) is 10.3. The highest BCUT2D eigenvalue weighted by Gasteiger charge is 2.54. The first-order valence-corrected chi connectivity index (χ1v) is 12.9. The standard InChI is InChI=1S/C23H28F3N3O6S/c1-3-15-35-27-19-20(30)28(14-13-22(19)11-7-8-12-22)16-17-9-5-6-10-18(17)29(21(31)34-4-2)36(32,33)23(24,25)26/h3,5-6,9-10H,1,4,7-8,11-16H2,2H3/b27-19-. The lowest BCUT2D eigenvalue weighted by molar-refractivity contribution is -0.127. The lowest BCUT2D eigenvalue weighted by atomic mass is 9.75. The van der Waals surface area contributed by atoms with Gasteiger partial charge in [-0.2, -0.15) is 25.9 Å². The molecule has 2 fully saturated rings. The minimum absolute atomic E-state index is 0.0143. The van der Waals surface area contributed by atoms with E-state index in [-0.39, 0.29) is 37.6 Å². The number of benzene rings is 1. The Kier molecular flexibility index (Phi) is 8.32. The van der Waals surface area contributed by atoms with Crippen LogP contribution in [0, 0.1) is 5.41 Å². The highest BCUT2D eigenvalue weighted by Crippen LogP contribution is 2.45. The van der Waals surface area contributed by atoms with Crippen molar-refractivity contribution in [2.75, 3.05) is 24.1 Å². The summed E-state index contributed by atoms with van der Waals surface area (Å²) in [5.74, 6) is -0.455. The van der Waals surface area contributed by atoms with Crippen molar-refractivity contribution in [3.63, 3.8) is 0 Å². The van der Waals surface area contributed by atoms with Crippen molar-refractivity contribution in [1.82, 2.24) is 4.90 Å². The number of para-hydroxylation sites is 1. The van der Waals surface area contributed by atoms with Crippen molar-refractivity contribution >= 4 is 33.4 Å². The largest absolute Gasteiger partial charge is 0.517 e. The number of hydrogen-bond donors (Lipinski definition) is 0. The number of likely N-dealkylation sites (tertiary alicyclic amines) is 1. The molecule has 0 unspecified atom stereocenters. The van der Waals surface area contributed by atoms with Gasteiger partial charge in [-0.1, -0.05) is 48.9 Å². The summed E-state index contributed by atoms with van der Waals surface area (Å²) in [5, 5.41) is 4.09. The minimum Gasteiger partial charge on any atom is -0.449 e. The topological polar surface area (TPSA) is 106 Å². The monoisotopic (exact) mass is 531 g/mol. The van der Waals surface area contributed by atoms with Crippen LogP contribution in [0.4, 0.5) is 23.7 Å². The van der Waals surface area contributed by atoms with Gasteiger partial charge < -0.3 is 14.5 Å². The first-order valence-electron chi connectivity index (χ1n) is 11.5. The summed E-state index contributed by atoms with van der Waals surface area (Å²) in [5.41, 5.74) is -6.50. The molecule has 1 aromatic carbocycles. The predicted molar refractivity (Wildman–Crippen MR) is 125 cm³/mol. The molecule has 0 atom stereocenters. The number of piperidine rings is 1. The highest BCUT2D eigenvalue weighted by molar-refractivity contribution is 7.94. The summed E-state index contributed by atoms with van der Waals surface area (Å²) >= 11 is 0. The van der Waals surface area contributed by atoms with Crippen molar-refractivity contribution in [3.8, 4) is 0 Å². The zero-order valence-electron chi connectivity index (χ0n) is 19.8. The Morgan fingerprint density at radius 2 is 1.92 bits per heavy atom. The summed E-state index contributed by atoms with van der Waals surface area (Å²) in [6.45, 7) is 4.66. The Labute approximate surface area is 207 Å². The van der Waals surface area contributed by atoms with Crippen molar-refractivity contribution < 1.29 is 40.8 Å². The third kappa shape index (κ3) is 5.35. The minimum atomic E-state index is -6.13. The van der Waals surface area contributed by atoms with E-state index in [9.17, 15) is 31.2 Å². The number of alkyl halides is 3. The molecular formula is C23H28F3N3O6S. The van der Waals surface area contributed by atoms with Crippen LogP contribution in [-0.2, 0) is 30.9 Å². The molecule has 0 radical (unpaired) electrons. The Bertz CT molecular complexity index is 1130. The number of amides is 2. The first-order chi connectivity index (χ1) is 17.0. The zero-order valence-corrected chi connectivity index (χ0v) is 20.6. The molecule has 0 aromatic heterocycles. The molecule has 1 saturated heterocycles. The van der Waals surface area contributed by atoms with Crippen LogP contribution >= 0.6 is 0 Å². The normalized spacial score (nSPS) is 18.9. The fourth-order valence-corrected chi connectivity index (χ4v) is 5.48. The Morgan fingerprint density at radius 3 is 2.53 bits per heavy atom. The molecule has 9 nitrogen and oxygen atoms in total. The Hall–Kier alpha value is -3.09. The molecule has 1 saturated carbocycles. The van der Waals surface area contributed by atoms with Gasteiger partial charge in [-0.25, -0.2) is 4.79 Å². The number of carbonyl (C=O) groups is 2. The number of hydrogen-bond acceptors (Lipinski definition) is 7. The van der Waals surface area contributed by atoms with E-state index in [4.69, 9.17) is 4.84 Å². The molecule has 0 N–H and O–H groups in total. The number of halogens is 3. The molecule has 2 aliphatic rings. The van der Waals surface area contributed by atoms with Crippen molar-refractivity contribution in [2.45, 2.75) is 51.1 Å². The van der Waals surface area contributed by atoms with Crippen LogP contribution in [0.1, 0.15) is 44.6 Å². The number of carbonyl (C=O) groups excluding carboxylic acids is 2. The van der Waals surface area contributed by atoms with Gasteiger partial charge in [0, 0.05) is 18.5 Å². The van der Waals surface area contributed by atoms with E-state index in [1.807, 2.05) is 0 Å². The van der Waals surface area contributed by atoms with Gasteiger partial charge in [-0.15, -0.1) is 0 Å². The predicted octanol–water partition coefficient (Wildman–Crippen LogP) is 4.35. The Balaban J connectivity index is 1.99. The van der Waals surface area contributed by atoms with Crippen LogP contribution < -0.4 is 4.31 Å². The maximum Gasteiger partial charge on any atom is 0.517 e. The number of ether oxygens (including phenoxy) is 1. The molecule has 198 valence electrons. The molecular weight excluding hydrogens is 503 g/mol. The van der Waals surface area contributed by atoms with Gasteiger partial charge in [-0.3, -0.25) is 4.79 Å². The van der Waals surface area contributed by atoms with Crippen LogP contribution in [0.15, 0.2) is 42.1 Å². The van der Waals surface area contributed by atoms with E-state index in [0.717, 1.165) is 31.7 Å². The van der Waals surface area contributed by atoms with Crippen molar-refractivity contribution in [2.24, 2.45) is 10.6 Å². The van der Waals surface area contributed by atoms with E-state index in [0.29, 0.717) is 6.42 Å². The summed E-state index contributed by atoms with van der Waals surface area (Å²) in [4.78, 5) is 32.5. The quantitative estimate of drug-likeness (QED) is 0.281. The first kappa shape index (κ1) is 27.5. The lowest BCUT2D eigenvalue weighted by Gasteiger charge is -2.39. The van der Waals surface area contributed by atoms with Gasteiger partial charge in [0.2, 0.25) is 0 Å². The fourth-order valence-electron chi connectivity index (χ4n) is 4.59. The molecule has 2 amide bonds. The van der Waals surface area contributed by atoms with Crippen LogP contribution in [0.5, 0.6) is 0 Å². The molecule has 1 aromatic rings. The molecule has 1 heterocycles. The smallest absolute Gasteiger partial charge is 0.449 e. The average Bonchev–Trinajstić information content (AvgIpc) is 3.28. The van der Waals surface area contributed by atoms with Crippen molar-refractivity contribution in [3.05, 3.63) is 42.5 Å². The van der Waals surface area contributed by atoms with E-state index < -0.39 is 42.9 Å². The zero-order chi connectivity index (χ0) is 26.6. The second kappa shape index (κ2) is 10.9. The van der Waals surface area contributed by atoms with E-state index in [2.05, 4.69) is 16.5 Å². The van der Waals surface area contributed by atoms with Gasteiger partial charge in [0.15, 0.2) is 5.71 Å². The van der Waals surface area contributed by atoms with Crippen LogP contribution in [-0.4, -0.2) is 56.3 Å². The molecule has 1 aliphatic heterocycles. The SMILES string of the molecule is C=CCO/N=C1/C(=O)N(Cc2ccccc2N(C(=O)OCC)S(=O)(=O)C(F)(F)F)CCC12CCCC2. The summed E-state index contributed by atoms with van der Waals surface area (Å²) in [6, 6.07) is 5.17. The van der Waals surface area contributed by atoms with Gasteiger partial charge in [0.25, 0.3) is 5.91 Å². The molecule has 1 aliphatic carbocycles. The van der Waals surface area contributed by atoms with E-state index in [1.165, 1.54) is 36.1 Å². The molecule has 1 spiro atoms. The molecule has 13 heteroatoms. The number of rotatable bonds is 8. The number of oxime groups is 1. The van der Waals surface area contributed by atoms with Gasteiger partial charge >= 0.3 is 21.6 Å². The highest BCUT2D eigenvalue weighted by atomic mass is 32.2. The third-order valence-corrected chi connectivity index (χ3v) is 7.71. The Morgan fingerprint density at radius 1 is 1.25 bits per heavy atom. The maximum absolute atomic E-state index is 13.5. The maximum atomic E-state index is 13.5. The van der Waals surface area contributed by atoms with Gasteiger partial charge in [0.1, 0.15) is 6.61 Å². The number of nitrogens with zero attached hydrogens (tertiary/aromatic N) is 3. The molecule has 0 bridgehead atoms. The van der Waals surface area contributed by atoms with Crippen LogP contribution in [0.2, 0.25) is 0 Å². The van der Waals surface area contributed by atoms with Crippen molar-refractivity contribution in [1.29, 1.82) is 0 Å². The summed E-state index contributed by atoms with van der Waals surface area (Å²) in [7, 11) is -6.13. The van der Waals surface area contributed by atoms with E-state index in [1.54, 1.807) is 0 Å².